The van der Waals surface area contributed by atoms with Gasteiger partial charge >= 0.3 is 0 Å². The van der Waals surface area contributed by atoms with E-state index in [0.717, 1.165) is 5.69 Å². The fraction of sp³-hybridized carbons (Fsp3) is 0.231. The molecule has 0 spiro atoms. The molecule has 0 aromatic carbocycles. The van der Waals surface area contributed by atoms with Crippen LogP contribution in [-0.4, -0.2) is 4.98 Å². The van der Waals surface area contributed by atoms with Gasteiger partial charge in [-0.25, -0.2) is 0 Å². The molecule has 1 heterocycles. The second kappa shape index (κ2) is 3.49. The van der Waals surface area contributed by atoms with Crippen molar-refractivity contribution in [2.75, 3.05) is 0 Å². The molecule has 0 bridgehead atoms. The summed E-state index contributed by atoms with van der Waals surface area (Å²) in [5, 5.41) is 8.78. The van der Waals surface area contributed by atoms with Gasteiger partial charge in [0.15, 0.2) is 0 Å². The van der Waals surface area contributed by atoms with E-state index in [1.54, 1.807) is 6.08 Å². The molecule has 0 amide bonds. The monoisotopic (exact) mass is 212 g/mol. The molecule has 0 atom stereocenters. The van der Waals surface area contributed by atoms with E-state index in [1.807, 2.05) is 24.3 Å². The van der Waals surface area contributed by atoms with Gasteiger partial charge in [-0.05, 0) is 6.08 Å². The van der Waals surface area contributed by atoms with Crippen molar-refractivity contribution in [3.63, 3.8) is 0 Å². The van der Waals surface area contributed by atoms with Crippen LogP contribution in [0.3, 0.4) is 0 Å². The number of nitrogens with one attached hydrogen (secondary N) is 1. The summed E-state index contributed by atoms with van der Waals surface area (Å²) in [5.41, 5.74) is 1.17. The van der Waals surface area contributed by atoms with Gasteiger partial charge in [0.2, 0.25) is 5.43 Å². The molecule has 0 saturated carbocycles. The van der Waals surface area contributed by atoms with Gasteiger partial charge in [-0.1, -0.05) is 32.1 Å². The van der Waals surface area contributed by atoms with E-state index in [9.17, 15) is 4.79 Å². The van der Waals surface area contributed by atoms with E-state index in [1.165, 1.54) is 6.20 Å². The molecule has 1 aromatic rings. The molecule has 0 radical (unpaired) electrons. The van der Waals surface area contributed by atoms with Crippen molar-refractivity contribution in [1.82, 2.24) is 4.98 Å². The minimum absolute atomic E-state index is 0.0773. The number of aromatic nitrogens is 1. The van der Waals surface area contributed by atoms with Crippen molar-refractivity contribution >= 4 is 12.2 Å². The summed E-state index contributed by atoms with van der Waals surface area (Å²) in [7, 11) is 0. The van der Waals surface area contributed by atoms with E-state index in [0.29, 0.717) is 5.56 Å². The van der Waals surface area contributed by atoms with E-state index >= 15 is 0 Å². The van der Waals surface area contributed by atoms with Crippen LogP contribution in [0, 0.1) is 16.7 Å². The molecular weight excluding hydrogens is 200 g/mol. The number of rotatable bonds is 0. The molecule has 0 saturated heterocycles. The first kappa shape index (κ1) is 10.4. The zero-order valence-electron chi connectivity index (χ0n) is 9.24. The van der Waals surface area contributed by atoms with Crippen LogP contribution in [-0.2, 0) is 0 Å². The van der Waals surface area contributed by atoms with Crippen LogP contribution in [0.15, 0.2) is 23.1 Å². The van der Waals surface area contributed by atoms with E-state index in [-0.39, 0.29) is 16.4 Å². The lowest BCUT2D eigenvalue weighted by atomic mass is 9.93. The fourth-order valence-corrected chi connectivity index (χ4v) is 1.60. The third-order valence-electron chi connectivity index (χ3n) is 2.63. The van der Waals surface area contributed by atoms with Crippen LogP contribution in [0.1, 0.15) is 30.7 Å². The van der Waals surface area contributed by atoms with Crippen molar-refractivity contribution in [3.05, 3.63) is 45.4 Å². The van der Waals surface area contributed by atoms with E-state index in [2.05, 4.69) is 18.8 Å². The number of pyridine rings is 1. The molecule has 3 nitrogen and oxygen atoms in total. The molecule has 0 aliphatic heterocycles. The molecular formula is C13H12N2O. The normalized spacial score (nSPS) is 16.3. The van der Waals surface area contributed by atoms with Crippen LogP contribution in [0.2, 0.25) is 0 Å². The number of allylic oxidation sites excluding steroid dienone is 2. The highest BCUT2D eigenvalue weighted by Crippen LogP contribution is 2.25. The summed E-state index contributed by atoms with van der Waals surface area (Å²) >= 11 is 0. The number of H-pyrrole nitrogens is 1. The number of nitriles is 1. The first-order valence-electron chi connectivity index (χ1n) is 5.08. The average molecular weight is 212 g/mol. The van der Waals surface area contributed by atoms with Crippen LogP contribution in [0.25, 0.3) is 12.2 Å². The molecule has 0 fully saturated rings. The average Bonchev–Trinajstić information content (AvgIpc) is 2.39. The Morgan fingerprint density at radius 1 is 1.31 bits per heavy atom. The minimum atomic E-state index is -0.213. The molecule has 0 unspecified atom stereocenters. The predicted molar refractivity (Wildman–Crippen MR) is 63.6 cm³/mol. The number of hydrogen-bond acceptors (Lipinski definition) is 2. The Morgan fingerprint density at radius 2 is 2.00 bits per heavy atom. The SMILES string of the molecule is CC1(C)C=Cc2[nH]cc(C#N)c(=O)c2C=C1. The maximum absolute atomic E-state index is 11.9. The zero-order chi connectivity index (χ0) is 11.8. The Labute approximate surface area is 93.7 Å². The highest BCUT2D eigenvalue weighted by atomic mass is 16.1. The lowest BCUT2D eigenvalue weighted by Gasteiger charge is -2.11. The van der Waals surface area contributed by atoms with Gasteiger partial charge in [0.05, 0.1) is 0 Å². The minimum Gasteiger partial charge on any atom is -0.360 e. The molecule has 1 aliphatic rings. The molecule has 3 heteroatoms. The van der Waals surface area contributed by atoms with Crippen LogP contribution in [0.4, 0.5) is 0 Å². The van der Waals surface area contributed by atoms with Gasteiger partial charge in [-0.3, -0.25) is 4.79 Å². The Morgan fingerprint density at radius 3 is 2.69 bits per heavy atom. The molecule has 1 N–H and O–H groups in total. The molecule has 80 valence electrons. The quantitative estimate of drug-likeness (QED) is 0.717. The molecule has 1 aromatic heterocycles. The Balaban J connectivity index is 2.71. The Hall–Kier alpha value is -2.08. The number of fused-ring (bicyclic) bond motifs is 1. The number of aromatic amines is 1. The first-order valence-corrected chi connectivity index (χ1v) is 5.08. The van der Waals surface area contributed by atoms with Gasteiger partial charge in [-0.2, -0.15) is 5.26 Å². The molecule has 1 aliphatic carbocycles. The van der Waals surface area contributed by atoms with Crippen molar-refractivity contribution in [2.45, 2.75) is 13.8 Å². The lowest BCUT2D eigenvalue weighted by molar-refractivity contribution is 0.633. The van der Waals surface area contributed by atoms with Gasteiger partial charge in [-0.15, -0.1) is 0 Å². The maximum atomic E-state index is 11.9. The largest absolute Gasteiger partial charge is 0.360 e. The standard InChI is InChI=1S/C13H12N2O/c1-13(2)5-3-10-11(4-6-13)15-8-9(7-14)12(10)16/h3-6,8H,1-2H3,(H,15,16). The Bertz CT molecular complexity index is 583. The van der Waals surface area contributed by atoms with Gasteiger partial charge in [0.25, 0.3) is 0 Å². The lowest BCUT2D eigenvalue weighted by Crippen LogP contribution is -2.12. The number of nitrogens with zero attached hydrogens (tertiary/aromatic N) is 1. The maximum Gasteiger partial charge on any atom is 0.207 e. The zero-order valence-corrected chi connectivity index (χ0v) is 9.24. The summed E-state index contributed by atoms with van der Waals surface area (Å²) in [4.78, 5) is 14.8. The highest BCUT2D eigenvalue weighted by molar-refractivity contribution is 5.67. The number of hydrogen-bond donors (Lipinski definition) is 1. The summed E-state index contributed by atoms with van der Waals surface area (Å²) in [5.74, 6) is 0. The van der Waals surface area contributed by atoms with E-state index < -0.39 is 0 Å². The van der Waals surface area contributed by atoms with E-state index in [4.69, 9.17) is 5.26 Å². The highest BCUT2D eigenvalue weighted by Gasteiger charge is 2.15. The van der Waals surface area contributed by atoms with Crippen LogP contribution >= 0.6 is 0 Å². The van der Waals surface area contributed by atoms with Crippen LogP contribution < -0.4 is 5.43 Å². The van der Waals surface area contributed by atoms with Crippen molar-refractivity contribution in [1.29, 1.82) is 5.26 Å². The van der Waals surface area contributed by atoms with Gasteiger partial charge in [0, 0.05) is 22.9 Å². The summed E-state index contributed by atoms with van der Waals surface area (Å²) in [6, 6.07) is 1.88. The third kappa shape index (κ3) is 1.70. The fourth-order valence-electron chi connectivity index (χ4n) is 1.60. The second-order valence-corrected chi connectivity index (χ2v) is 4.46. The topological polar surface area (TPSA) is 56.6 Å². The van der Waals surface area contributed by atoms with Gasteiger partial charge in [0.1, 0.15) is 11.6 Å². The van der Waals surface area contributed by atoms with Gasteiger partial charge < -0.3 is 4.98 Å². The molecule has 16 heavy (non-hydrogen) atoms. The third-order valence-corrected chi connectivity index (χ3v) is 2.63. The van der Waals surface area contributed by atoms with Crippen molar-refractivity contribution < 1.29 is 0 Å². The summed E-state index contributed by atoms with van der Waals surface area (Å²) in [6.07, 6.45) is 9.12. The first-order chi connectivity index (χ1) is 7.53. The van der Waals surface area contributed by atoms with Crippen LogP contribution in [0.5, 0.6) is 0 Å². The van der Waals surface area contributed by atoms with Crippen molar-refractivity contribution in [3.8, 4) is 6.07 Å². The smallest absolute Gasteiger partial charge is 0.207 e. The summed E-state index contributed by atoms with van der Waals surface area (Å²) in [6.45, 7) is 4.11. The second-order valence-electron chi connectivity index (χ2n) is 4.46. The van der Waals surface area contributed by atoms with Crippen molar-refractivity contribution in [2.24, 2.45) is 5.41 Å². The summed E-state index contributed by atoms with van der Waals surface area (Å²) < 4.78 is 0. The Kier molecular flexibility index (Phi) is 2.28. The molecule has 2 rings (SSSR count). The predicted octanol–water partition coefficient (Wildman–Crippen LogP) is 2.31.